The van der Waals surface area contributed by atoms with Gasteiger partial charge in [0.15, 0.2) is 0 Å². The zero-order chi connectivity index (χ0) is 20.6. The first-order valence-electron chi connectivity index (χ1n) is 9.28. The topological polar surface area (TPSA) is 64.6 Å². The maximum Gasteiger partial charge on any atom is 0.328 e. The molecule has 1 N–H and O–H groups in total. The maximum absolute atomic E-state index is 12.7. The van der Waals surface area contributed by atoms with E-state index in [4.69, 9.17) is 9.47 Å². The SMILES string of the molecule is COC(=O)[C@H](Cc1ccccc1OC)NC(=O)c1ccc(-c2ccccc2)cc1. The van der Waals surface area contributed by atoms with Crippen LogP contribution in [0.3, 0.4) is 0 Å². The highest BCUT2D eigenvalue weighted by Crippen LogP contribution is 2.21. The Kier molecular flexibility index (Phi) is 6.63. The van der Waals surface area contributed by atoms with E-state index in [2.05, 4.69) is 5.32 Å². The summed E-state index contributed by atoms with van der Waals surface area (Å²) >= 11 is 0. The van der Waals surface area contributed by atoms with Gasteiger partial charge in [0.1, 0.15) is 11.8 Å². The van der Waals surface area contributed by atoms with Gasteiger partial charge in [0.05, 0.1) is 14.2 Å². The average molecular weight is 389 g/mol. The van der Waals surface area contributed by atoms with Gasteiger partial charge in [-0.1, -0.05) is 60.7 Å². The monoisotopic (exact) mass is 389 g/mol. The molecule has 0 bridgehead atoms. The zero-order valence-corrected chi connectivity index (χ0v) is 16.4. The first-order chi connectivity index (χ1) is 14.1. The van der Waals surface area contributed by atoms with Crippen molar-refractivity contribution in [1.29, 1.82) is 0 Å². The van der Waals surface area contributed by atoms with Crippen molar-refractivity contribution < 1.29 is 19.1 Å². The molecule has 0 aromatic heterocycles. The van der Waals surface area contributed by atoms with E-state index in [-0.39, 0.29) is 12.3 Å². The van der Waals surface area contributed by atoms with Crippen molar-refractivity contribution in [2.24, 2.45) is 0 Å². The van der Waals surface area contributed by atoms with Gasteiger partial charge in [-0.15, -0.1) is 0 Å². The summed E-state index contributed by atoms with van der Waals surface area (Å²) in [6.07, 6.45) is 0.268. The molecule has 5 nitrogen and oxygen atoms in total. The van der Waals surface area contributed by atoms with Crippen LogP contribution in [0, 0.1) is 0 Å². The predicted octanol–water partition coefficient (Wildman–Crippen LogP) is 3.88. The number of amides is 1. The number of methoxy groups -OCH3 is 2. The lowest BCUT2D eigenvalue weighted by Gasteiger charge is -2.18. The zero-order valence-electron chi connectivity index (χ0n) is 16.4. The molecule has 0 aliphatic carbocycles. The van der Waals surface area contributed by atoms with E-state index in [0.29, 0.717) is 11.3 Å². The molecule has 0 radical (unpaired) electrons. The minimum atomic E-state index is -0.822. The highest BCUT2D eigenvalue weighted by Gasteiger charge is 2.24. The van der Waals surface area contributed by atoms with Crippen LogP contribution in [0.1, 0.15) is 15.9 Å². The molecule has 0 aliphatic rings. The third kappa shape index (κ3) is 5.02. The Morgan fingerprint density at radius 3 is 2.10 bits per heavy atom. The van der Waals surface area contributed by atoms with Gasteiger partial charge >= 0.3 is 5.97 Å². The van der Waals surface area contributed by atoms with Crippen LogP contribution >= 0.6 is 0 Å². The smallest absolute Gasteiger partial charge is 0.328 e. The van der Waals surface area contributed by atoms with Crippen molar-refractivity contribution in [3.8, 4) is 16.9 Å². The Labute approximate surface area is 170 Å². The highest BCUT2D eigenvalue weighted by molar-refractivity contribution is 5.97. The second-order valence-electron chi connectivity index (χ2n) is 6.51. The number of para-hydroxylation sites is 1. The van der Waals surface area contributed by atoms with E-state index >= 15 is 0 Å². The van der Waals surface area contributed by atoms with Crippen LogP contribution in [0.2, 0.25) is 0 Å². The molecule has 1 amide bonds. The van der Waals surface area contributed by atoms with E-state index in [1.165, 1.54) is 7.11 Å². The van der Waals surface area contributed by atoms with Gasteiger partial charge in [-0.2, -0.15) is 0 Å². The van der Waals surface area contributed by atoms with Crippen LogP contribution in [0.25, 0.3) is 11.1 Å². The number of carbonyl (C=O) groups excluding carboxylic acids is 2. The fourth-order valence-corrected chi connectivity index (χ4v) is 3.11. The first-order valence-corrected chi connectivity index (χ1v) is 9.28. The number of esters is 1. The van der Waals surface area contributed by atoms with Crippen molar-refractivity contribution in [2.45, 2.75) is 12.5 Å². The summed E-state index contributed by atoms with van der Waals surface area (Å²) in [6, 6.07) is 23.7. The minimum absolute atomic E-state index is 0.268. The number of hydrogen-bond acceptors (Lipinski definition) is 4. The van der Waals surface area contributed by atoms with Crippen LogP contribution in [0.4, 0.5) is 0 Å². The molecule has 0 fully saturated rings. The van der Waals surface area contributed by atoms with Crippen molar-refractivity contribution in [2.75, 3.05) is 14.2 Å². The average Bonchev–Trinajstić information content (AvgIpc) is 2.79. The Bertz CT molecular complexity index is 968. The molecular weight excluding hydrogens is 366 g/mol. The van der Waals surface area contributed by atoms with E-state index in [1.807, 2.05) is 66.7 Å². The second-order valence-corrected chi connectivity index (χ2v) is 6.51. The fraction of sp³-hybridized carbons (Fsp3) is 0.167. The van der Waals surface area contributed by atoms with Crippen molar-refractivity contribution in [3.05, 3.63) is 90.0 Å². The van der Waals surface area contributed by atoms with Gasteiger partial charge in [0.2, 0.25) is 0 Å². The van der Waals surface area contributed by atoms with Gasteiger partial charge in [-0.05, 0) is 34.9 Å². The standard InChI is InChI=1S/C24H23NO4/c1-28-22-11-7-6-10-20(22)16-21(24(27)29-2)25-23(26)19-14-12-18(13-15-19)17-8-4-3-5-9-17/h3-15,21H,16H2,1-2H3,(H,25,26)/t21-/m0/s1. The number of benzene rings is 3. The van der Waals surface area contributed by atoms with Gasteiger partial charge in [0.25, 0.3) is 5.91 Å². The number of ether oxygens (including phenoxy) is 2. The molecule has 3 rings (SSSR count). The fourth-order valence-electron chi connectivity index (χ4n) is 3.11. The van der Waals surface area contributed by atoms with Crippen molar-refractivity contribution >= 4 is 11.9 Å². The van der Waals surface area contributed by atoms with Crippen LogP contribution in [-0.4, -0.2) is 32.1 Å². The molecular formula is C24H23NO4. The molecule has 0 saturated heterocycles. The summed E-state index contributed by atoms with van der Waals surface area (Å²) in [5.74, 6) is -0.192. The quantitative estimate of drug-likeness (QED) is 0.623. The van der Waals surface area contributed by atoms with Gasteiger partial charge in [-0.25, -0.2) is 4.79 Å². The Balaban J connectivity index is 1.75. The lowest BCUT2D eigenvalue weighted by molar-refractivity contribution is -0.142. The minimum Gasteiger partial charge on any atom is -0.496 e. The van der Waals surface area contributed by atoms with E-state index in [0.717, 1.165) is 16.7 Å². The number of rotatable bonds is 7. The van der Waals surface area contributed by atoms with Crippen molar-refractivity contribution in [1.82, 2.24) is 5.32 Å². The summed E-state index contributed by atoms with van der Waals surface area (Å²) < 4.78 is 10.2. The summed E-state index contributed by atoms with van der Waals surface area (Å²) in [5, 5.41) is 2.77. The van der Waals surface area contributed by atoms with Crippen LogP contribution in [0.15, 0.2) is 78.9 Å². The van der Waals surface area contributed by atoms with E-state index in [1.54, 1.807) is 19.2 Å². The van der Waals surface area contributed by atoms with Crippen LogP contribution in [-0.2, 0) is 16.0 Å². The summed E-state index contributed by atoms with van der Waals surface area (Å²) in [6.45, 7) is 0. The van der Waals surface area contributed by atoms with Crippen molar-refractivity contribution in [3.63, 3.8) is 0 Å². The number of carbonyl (C=O) groups is 2. The van der Waals surface area contributed by atoms with Gasteiger partial charge in [-0.3, -0.25) is 4.79 Å². The highest BCUT2D eigenvalue weighted by atomic mass is 16.5. The molecule has 0 heterocycles. The largest absolute Gasteiger partial charge is 0.496 e. The molecule has 3 aromatic carbocycles. The van der Waals surface area contributed by atoms with Crippen LogP contribution < -0.4 is 10.1 Å². The van der Waals surface area contributed by atoms with E-state index in [9.17, 15) is 9.59 Å². The molecule has 5 heteroatoms. The molecule has 1 atom stereocenters. The Hall–Kier alpha value is -3.60. The Morgan fingerprint density at radius 2 is 1.45 bits per heavy atom. The molecule has 148 valence electrons. The molecule has 3 aromatic rings. The molecule has 29 heavy (non-hydrogen) atoms. The normalized spacial score (nSPS) is 11.4. The molecule has 0 aliphatic heterocycles. The summed E-state index contributed by atoms with van der Waals surface area (Å²) in [4.78, 5) is 25.0. The lowest BCUT2D eigenvalue weighted by Crippen LogP contribution is -2.43. The lowest BCUT2D eigenvalue weighted by atomic mass is 10.0. The number of hydrogen-bond donors (Lipinski definition) is 1. The Morgan fingerprint density at radius 1 is 0.828 bits per heavy atom. The second kappa shape index (κ2) is 9.55. The molecule has 0 saturated carbocycles. The number of nitrogens with one attached hydrogen (secondary N) is 1. The third-order valence-corrected chi connectivity index (χ3v) is 4.66. The third-order valence-electron chi connectivity index (χ3n) is 4.66. The first kappa shape index (κ1) is 20.1. The van der Waals surface area contributed by atoms with E-state index < -0.39 is 12.0 Å². The maximum atomic E-state index is 12.7. The predicted molar refractivity (Wildman–Crippen MR) is 112 cm³/mol. The van der Waals surface area contributed by atoms with Gasteiger partial charge < -0.3 is 14.8 Å². The van der Waals surface area contributed by atoms with Crippen LogP contribution in [0.5, 0.6) is 5.75 Å². The van der Waals surface area contributed by atoms with Gasteiger partial charge in [0, 0.05) is 12.0 Å². The summed E-state index contributed by atoms with van der Waals surface area (Å²) in [7, 11) is 2.87. The molecule has 0 unspecified atom stereocenters. The molecule has 0 spiro atoms. The summed E-state index contributed by atoms with van der Waals surface area (Å²) in [5.41, 5.74) is 3.37.